The van der Waals surface area contributed by atoms with Gasteiger partial charge in [-0.05, 0) is 68.7 Å². The van der Waals surface area contributed by atoms with Crippen LogP contribution < -0.4 is 19.0 Å². The predicted molar refractivity (Wildman–Crippen MR) is 151 cm³/mol. The fraction of sp³-hybridized carbons (Fsp3) is 0.333. The molecule has 1 aliphatic heterocycles. The van der Waals surface area contributed by atoms with Crippen molar-refractivity contribution < 1.29 is 35.8 Å². The van der Waals surface area contributed by atoms with Gasteiger partial charge in [0, 0.05) is 34.5 Å². The zero-order valence-corrected chi connectivity index (χ0v) is 23.7. The van der Waals surface area contributed by atoms with E-state index in [2.05, 4.69) is 25.2 Å². The van der Waals surface area contributed by atoms with Crippen molar-refractivity contribution in [1.82, 2.24) is 0 Å². The summed E-state index contributed by atoms with van der Waals surface area (Å²) in [6.07, 6.45) is -3.40. The Kier molecular flexibility index (Phi) is 8.60. The first-order valence-corrected chi connectivity index (χ1v) is 13.9. The summed E-state index contributed by atoms with van der Waals surface area (Å²) < 4.78 is 78.7. The van der Waals surface area contributed by atoms with E-state index in [9.17, 15) is 22.1 Å². The molecule has 4 rings (SSSR count). The van der Waals surface area contributed by atoms with Crippen molar-refractivity contribution in [3.05, 3.63) is 77.1 Å². The molecule has 0 aliphatic carbocycles. The number of benzene rings is 3. The fourth-order valence-electron chi connectivity index (χ4n) is 4.78. The van der Waals surface area contributed by atoms with Crippen molar-refractivity contribution in [2.75, 3.05) is 18.2 Å². The molecule has 3 aromatic rings. The van der Waals surface area contributed by atoms with Gasteiger partial charge in [-0.25, -0.2) is 8.57 Å². The Hall–Kier alpha value is -3.37. The monoisotopic (exact) mass is 578 g/mol. The highest BCUT2D eigenvalue weighted by Crippen LogP contribution is 2.43. The summed E-state index contributed by atoms with van der Waals surface area (Å²) in [5.41, 5.74) is 5.79. The van der Waals surface area contributed by atoms with Crippen LogP contribution in [0.5, 0.6) is 17.2 Å². The quantitative estimate of drug-likeness (QED) is 0.197. The standard InChI is InChI=1S/C30H32F4NO4S/c1-18-6-7-20(31)14-26(18)38-17-24-22(10-11-25-28(24)19(2)16-29(3,4)35-25)23-9-8-21(15-27(23)37-5)39-40(36)13-12-30(32,33)34/h6-11,14-16,35-36H,12-13,17H2,1-5H3/q+1. The Balaban J connectivity index is 1.74. The molecule has 2 N–H and O–H groups in total. The van der Waals surface area contributed by atoms with Crippen molar-refractivity contribution in [3.63, 3.8) is 0 Å². The highest BCUT2D eigenvalue weighted by molar-refractivity contribution is 7.87. The van der Waals surface area contributed by atoms with Gasteiger partial charge in [-0.1, -0.05) is 18.2 Å². The zero-order chi connectivity index (χ0) is 29.2. The third-order valence-corrected chi connectivity index (χ3v) is 7.42. The van der Waals surface area contributed by atoms with Gasteiger partial charge in [0.1, 0.15) is 23.9 Å². The third kappa shape index (κ3) is 7.03. The first-order chi connectivity index (χ1) is 18.8. The van der Waals surface area contributed by atoms with Gasteiger partial charge >= 0.3 is 17.6 Å². The Labute approximate surface area is 234 Å². The molecule has 1 heterocycles. The van der Waals surface area contributed by atoms with Crippen LogP contribution in [0.1, 0.15) is 43.9 Å². The van der Waals surface area contributed by atoms with Gasteiger partial charge in [-0.2, -0.15) is 13.2 Å². The number of hydrogen-bond donors (Lipinski definition) is 2. The van der Waals surface area contributed by atoms with Crippen LogP contribution in [0.4, 0.5) is 23.2 Å². The molecule has 0 radical (unpaired) electrons. The lowest BCUT2D eigenvalue weighted by molar-refractivity contribution is -0.130. The summed E-state index contributed by atoms with van der Waals surface area (Å²) in [5, 5.41) is 3.54. The number of halogens is 4. The number of methoxy groups -OCH3 is 1. The number of ether oxygens (including phenoxy) is 2. The maximum atomic E-state index is 14.0. The lowest BCUT2D eigenvalue weighted by Gasteiger charge is -2.33. The zero-order valence-electron chi connectivity index (χ0n) is 22.9. The van der Waals surface area contributed by atoms with Crippen LogP contribution in [-0.4, -0.2) is 29.1 Å². The molecule has 0 aromatic heterocycles. The van der Waals surface area contributed by atoms with E-state index in [1.54, 1.807) is 18.2 Å². The molecular formula is C30H32F4NO4S+. The predicted octanol–water partition coefficient (Wildman–Crippen LogP) is 8.33. The van der Waals surface area contributed by atoms with Crippen LogP contribution in [0.3, 0.4) is 0 Å². The van der Waals surface area contributed by atoms with Crippen molar-refractivity contribution in [2.45, 2.75) is 52.4 Å². The summed E-state index contributed by atoms with van der Waals surface area (Å²) in [6.45, 7) is 8.15. The summed E-state index contributed by atoms with van der Waals surface area (Å²) in [4.78, 5) is 0. The second kappa shape index (κ2) is 11.6. The van der Waals surface area contributed by atoms with Crippen molar-refractivity contribution in [1.29, 1.82) is 0 Å². The van der Waals surface area contributed by atoms with E-state index < -0.39 is 35.6 Å². The largest absolute Gasteiger partial charge is 0.496 e. The first kappa shape index (κ1) is 29.6. The van der Waals surface area contributed by atoms with Crippen LogP contribution in [0.15, 0.2) is 54.6 Å². The Bertz CT molecular complexity index is 1420. The molecule has 40 heavy (non-hydrogen) atoms. The SMILES string of the molecule is COc1cc(O[S+](O)CCC(F)(F)F)ccc1-c1ccc2c(c1COc1cc(F)ccc1C)C(C)=CC(C)(C)N2. The van der Waals surface area contributed by atoms with E-state index in [1.807, 2.05) is 26.0 Å². The lowest BCUT2D eigenvalue weighted by atomic mass is 9.85. The smallest absolute Gasteiger partial charge is 0.393 e. The Morgan fingerprint density at radius 2 is 1.70 bits per heavy atom. The van der Waals surface area contributed by atoms with Crippen molar-refractivity contribution in [2.24, 2.45) is 0 Å². The molecular weight excluding hydrogens is 546 g/mol. The molecule has 1 atom stereocenters. The fourth-order valence-corrected chi connectivity index (χ4v) is 5.60. The van der Waals surface area contributed by atoms with Gasteiger partial charge in [0.2, 0.25) is 0 Å². The van der Waals surface area contributed by atoms with Gasteiger partial charge in [-0.15, -0.1) is 4.55 Å². The maximum Gasteiger partial charge on any atom is 0.393 e. The van der Waals surface area contributed by atoms with Gasteiger partial charge < -0.3 is 14.8 Å². The molecule has 0 saturated carbocycles. The number of hydrogen-bond acceptors (Lipinski definition) is 5. The lowest BCUT2D eigenvalue weighted by Crippen LogP contribution is -2.32. The number of allylic oxidation sites excluding steroid dienone is 1. The number of rotatable bonds is 9. The van der Waals surface area contributed by atoms with Gasteiger partial charge in [0.15, 0.2) is 11.5 Å². The second-order valence-electron chi connectivity index (χ2n) is 10.2. The van der Waals surface area contributed by atoms with Crippen molar-refractivity contribution in [3.8, 4) is 28.4 Å². The van der Waals surface area contributed by atoms with Crippen LogP contribution in [0.2, 0.25) is 0 Å². The van der Waals surface area contributed by atoms with Gasteiger partial charge in [-0.3, -0.25) is 0 Å². The summed E-state index contributed by atoms with van der Waals surface area (Å²) in [7, 11) is 1.48. The van der Waals surface area contributed by atoms with Gasteiger partial charge in [0.25, 0.3) is 0 Å². The first-order valence-electron chi connectivity index (χ1n) is 12.6. The molecule has 0 spiro atoms. The highest BCUT2D eigenvalue weighted by Gasteiger charge is 2.34. The number of anilines is 1. The Morgan fingerprint density at radius 1 is 0.975 bits per heavy atom. The molecule has 1 unspecified atom stereocenters. The van der Waals surface area contributed by atoms with E-state index in [1.165, 1.54) is 25.3 Å². The minimum Gasteiger partial charge on any atom is -0.496 e. The number of alkyl halides is 3. The molecule has 214 valence electrons. The summed E-state index contributed by atoms with van der Waals surface area (Å²) >= 11 is -1.92. The Morgan fingerprint density at radius 3 is 2.40 bits per heavy atom. The van der Waals surface area contributed by atoms with E-state index >= 15 is 0 Å². The molecule has 3 aromatic carbocycles. The molecule has 0 bridgehead atoms. The molecule has 1 aliphatic rings. The van der Waals surface area contributed by atoms with Crippen LogP contribution in [-0.2, 0) is 18.1 Å². The van der Waals surface area contributed by atoms with E-state index in [0.29, 0.717) is 17.1 Å². The minimum absolute atomic E-state index is 0.134. The third-order valence-electron chi connectivity index (χ3n) is 6.48. The second-order valence-corrected chi connectivity index (χ2v) is 11.4. The van der Waals surface area contributed by atoms with E-state index in [0.717, 1.165) is 33.5 Å². The van der Waals surface area contributed by atoms with Crippen LogP contribution in [0.25, 0.3) is 16.7 Å². The van der Waals surface area contributed by atoms with E-state index in [4.69, 9.17) is 13.7 Å². The van der Waals surface area contributed by atoms with Crippen LogP contribution in [0, 0.1) is 12.7 Å². The molecule has 0 amide bonds. The summed E-state index contributed by atoms with van der Waals surface area (Å²) in [6, 6.07) is 13.1. The normalized spacial score (nSPS) is 15.0. The average molecular weight is 579 g/mol. The van der Waals surface area contributed by atoms with Gasteiger partial charge in [0.05, 0.1) is 19.1 Å². The van der Waals surface area contributed by atoms with Crippen LogP contribution >= 0.6 is 0 Å². The minimum atomic E-state index is -4.38. The number of aryl methyl sites for hydroxylation is 1. The molecule has 0 saturated heterocycles. The average Bonchev–Trinajstić information content (AvgIpc) is 2.86. The highest BCUT2D eigenvalue weighted by atomic mass is 32.2. The topological polar surface area (TPSA) is 60.0 Å². The molecule has 0 fully saturated rings. The van der Waals surface area contributed by atoms with Crippen molar-refractivity contribution >= 4 is 22.7 Å². The number of nitrogens with one attached hydrogen (secondary N) is 1. The molecule has 10 heteroatoms. The molecule has 5 nitrogen and oxygen atoms in total. The summed E-state index contributed by atoms with van der Waals surface area (Å²) in [5.74, 6) is 0.0528. The maximum absolute atomic E-state index is 14.0. The van der Waals surface area contributed by atoms with E-state index in [-0.39, 0.29) is 17.9 Å². The number of fused-ring (bicyclic) bond motifs is 1.